The van der Waals surface area contributed by atoms with Crippen LogP contribution < -0.4 is 20.5 Å². The molecular formula is C31H40F3N3O5. The van der Waals surface area contributed by atoms with E-state index in [0.29, 0.717) is 38.1 Å². The lowest BCUT2D eigenvalue weighted by Crippen LogP contribution is -2.32. The van der Waals surface area contributed by atoms with E-state index >= 15 is 0 Å². The number of carbonyl (C=O) groups excluding carboxylic acids is 2. The van der Waals surface area contributed by atoms with Crippen molar-refractivity contribution in [2.24, 2.45) is 11.7 Å². The normalized spacial score (nSPS) is 12.5. The van der Waals surface area contributed by atoms with E-state index in [4.69, 9.17) is 19.9 Å². The number of benzene rings is 2. The Morgan fingerprint density at radius 3 is 2.36 bits per heavy atom. The number of primary amides is 1. The van der Waals surface area contributed by atoms with E-state index < -0.39 is 18.7 Å². The summed E-state index contributed by atoms with van der Waals surface area (Å²) in [4.78, 5) is 24.5. The molecule has 0 saturated heterocycles. The van der Waals surface area contributed by atoms with Crippen LogP contribution in [-0.4, -0.2) is 55.0 Å². The number of carbonyl (C=O) groups is 2. The van der Waals surface area contributed by atoms with Gasteiger partial charge in [0.2, 0.25) is 0 Å². The van der Waals surface area contributed by atoms with Crippen LogP contribution in [0.5, 0.6) is 11.5 Å². The number of alkyl halides is 3. The molecular weight excluding hydrogens is 551 g/mol. The van der Waals surface area contributed by atoms with Gasteiger partial charge in [-0.2, -0.15) is 13.2 Å². The molecule has 2 aromatic carbocycles. The lowest BCUT2D eigenvalue weighted by Gasteiger charge is -2.17. The number of aromatic nitrogens is 1. The van der Waals surface area contributed by atoms with Crippen LogP contribution in [0.15, 0.2) is 48.7 Å². The first kappa shape index (κ1) is 32.8. The van der Waals surface area contributed by atoms with Crippen LogP contribution in [0, 0.1) is 5.92 Å². The lowest BCUT2D eigenvalue weighted by atomic mass is 10.0. The van der Waals surface area contributed by atoms with Crippen LogP contribution in [-0.2, 0) is 22.5 Å². The van der Waals surface area contributed by atoms with Crippen molar-refractivity contribution in [1.82, 2.24) is 9.88 Å². The number of fused-ring (bicyclic) bond motifs is 1. The highest BCUT2D eigenvalue weighted by Gasteiger charge is 2.29. The summed E-state index contributed by atoms with van der Waals surface area (Å²) in [6, 6.07) is 12.0. The summed E-state index contributed by atoms with van der Waals surface area (Å²) < 4.78 is 55.4. The number of nitrogens with two attached hydrogens (primary N) is 1. The van der Waals surface area contributed by atoms with E-state index in [1.54, 1.807) is 24.3 Å². The predicted octanol–water partition coefficient (Wildman–Crippen LogP) is 5.65. The van der Waals surface area contributed by atoms with E-state index in [9.17, 15) is 22.8 Å². The van der Waals surface area contributed by atoms with Crippen LogP contribution in [0.2, 0.25) is 0 Å². The average Bonchev–Trinajstić information content (AvgIpc) is 3.35. The van der Waals surface area contributed by atoms with Gasteiger partial charge >= 0.3 is 12.1 Å². The molecule has 1 heterocycles. The SMILES string of the molecule is CCC(CC)C(=O)OCCCn1ccc2cc(C[C@@H](C)NCCOc3ccccc3OCC(F)(F)F)cc(C(N)=O)c21. The molecule has 0 saturated carbocycles. The van der Waals surface area contributed by atoms with Crippen LogP contribution in [0.1, 0.15) is 56.0 Å². The molecule has 0 spiro atoms. The number of amides is 1. The molecule has 8 nitrogen and oxygen atoms in total. The summed E-state index contributed by atoms with van der Waals surface area (Å²) in [5, 5.41) is 4.22. The van der Waals surface area contributed by atoms with Crippen molar-refractivity contribution in [2.75, 3.05) is 26.4 Å². The number of hydrogen-bond acceptors (Lipinski definition) is 6. The van der Waals surface area contributed by atoms with Crippen LogP contribution in [0.25, 0.3) is 10.9 Å². The standard InChI is InChI=1S/C31H40F3N3O5/c1-4-23(5-2)30(39)41-15-8-13-37-14-11-24-18-22(19-25(28(24)37)29(35)38)17-21(3)36-12-16-40-26-9-6-7-10-27(26)42-20-31(32,33)34/h6-7,9-11,14,18-19,21,23,36H,4-5,8,12-13,15-17,20H2,1-3H3,(H2,35,38)/t21-/m1/s1. The van der Waals surface area contributed by atoms with Gasteiger partial charge in [0.15, 0.2) is 18.1 Å². The molecule has 3 N–H and O–H groups in total. The van der Waals surface area contributed by atoms with Crippen molar-refractivity contribution in [3.8, 4) is 11.5 Å². The molecule has 3 aromatic rings. The summed E-state index contributed by atoms with van der Waals surface area (Å²) in [5.41, 5.74) is 7.85. The molecule has 0 aliphatic carbocycles. The molecule has 0 fully saturated rings. The molecule has 0 aliphatic rings. The molecule has 0 radical (unpaired) electrons. The van der Waals surface area contributed by atoms with E-state index in [-0.39, 0.29) is 36.0 Å². The van der Waals surface area contributed by atoms with Crippen molar-refractivity contribution in [3.63, 3.8) is 0 Å². The topological polar surface area (TPSA) is 105 Å². The summed E-state index contributed by atoms with van der Waals surface area (Å²) in [7, 11) is 0. The zero-order valence-corrected chi connectivity index (χ0v) is 24.3. The van der Waals surface area contributed by atoms with Crippen LogP contribution in [0.3, 0.4) is 0 Å². The lowest BCUT2D eigenvalue weighted by molar-refractivity contribution is -0.153. The second-order valence-electron chi connectivity index (χ2n) is 10.2. The fourth-order valence-corrected chi connectivity index (χ4v) is 4.79. The minimum absolute atomic E-state index is 0.00957. The largest absolute Gasteiger partial charge is 0.488 e. The predicted molar refractivity (Wildman–Crippen MR) is 155 cm³/mol. The Labute approximate surface area is 244 Å². The van der Waals surface area contributed by atoms with Gasteiger partial charge in [-0.25, -0.2) is 0 Å². The summed E-state index contributed by atoms with van der Waals surface area (Å²) in [6.07, 6.45) is 0.187. The van der Waals surface area contributed by atoms with Gasteiger partial charge in [0.25, 0.3) is 5.91 Å². The third-order valence-corrected chi connectivity index (χ3v) is 6.93. The van der Waals surface area contributed by atoms with E-state index in [1.807, 2.05) is 43.7 Å². The highest BCUT2D eigenvalue weighted by atomic mass is 19.4. The maximum atomic E-state index is 12.5. The number of hydrogen-bond donors (Lipinski definition) is 2. The van der Waals surface area contributed by atoms with Crippen molar-refractivity contribution >= 4 is 22.8 Å². The summed E-state index contributed by atoms with van der Waals surface area (Å²) in [5.74, 6) is -0.507. The van der Waals surface area contributed by atoms with Gasteiger partial charge in [-0.3, -0.25) is 9.59 Å². The Kier molecular flexibility index (Phi) is 12.1. The minimum atomic E-state index is -4.44. The van der Waals surface area contributed by atoms with E-state index in [2.05, 4.69) is 5.32 Å². The number of para-hydroxylation sites is 2. The number of ether oxygens (including phenoxy) is 3. The van der Waals surface area contributed by atoms with Crippen LogP contribution >= 0.6 is 0 Å². The van der Waals surface area contributed by atoms with Crippen LogP contribution in [0.4, 0.5) is 13.2 Å². The van der Waals surface area contributed by atoms with Gasteiger partial charge in [-0.1, -0.05) is 26.0 Å². The van der Waals surface area contributed by atoms with Crippen molar-refractivity contribution in [1.29, 1.82) is 0 Å². The zero-order valence-electron chi connectivity index (χ0n) is 24.3. The van der Waals surface area contributed by atoms with Gasteiger partial charge in [0.1, 0.15) is 6.61 Å². The number of nitrogens with one attached hydrogen (secondary N) is 1. The number of rotatable bonds is 17. The Morgan fingerprint density at radius 1 is 1.02 bits per heavy atom. The average molecular weight is 592 g/mol. The first-order chi connectivity index (χ1) is 20.0. The van der Waals surface area contributed by atoms with Crippen molar-refractivity contribution in [2.45, 2.75) is 65.2 Å². The Balaban J connectivity index is 1.54. The molecule has 0 aliphatic heterocycles. The van der Waals surface area contributed by atoms with Crippen molar-refractivity contribution < 1.29 is 37.0 Å². The van der Waals surface area contributed by atoms with Gasteiger partial charge in [-0.05, 0) is 68.5 Å². The number of aryl methyl sites for hydroxylation is 1. The fourth-order valence-electron chi connectivity index (χ4n) is 4.79. The molecule has 1 amide bonds. The Morgan fingerprint density at radius 2 is 1.71 bits per heavy atom. The first-order valence-electron chi connectivity index (χ1n) is 14.2. The van der Waals surface area contributed by atoms with E-state index in [1.165, 1.54) is 6.07 Å². The fraction of sp³-hybridized carbons (Fsp3) is 0.484. The zero-order chi connectivity index (χ0) is 30.7. The Hall–Kier alpha value is -3.73. The molecule has 1 atom stereocenters. The Bertz CT molecular complexity index is 1320. The smallest absolute Gasteiger partial charge is 0.422 e. The molecule has 0 unspecified atom stereocenters. The van der Waals surface area contributed by atoms with Gasteiger partial charge < -0.3 is 29.8 Å². The third kappa shape index (κ3) is 9.68. The highest BCUT2D eigenvalue weighted by Crippen LogP contribution is 2.28. The first-order valence-corrected chi connectivity index (χ1v) is 14.2. The van der Waals surface area contributed by atoms with Gasteiger partial charge in [-0.15, -0.1) is 0 Å². The summed E-state index contributed by atoms with van der Waals surface area (Å²) >= 11 is 0. The highest BCUT2D eigenvalue weighted by molar-refractivity contribution is 6.05. The number of esters is 1. The third-order valence-electron chi connectivity index (χ3n) is 6.93. The second-order valence-corrected chi connectivity index (χ2v) is 10.2. The maximum absolute atomic E-state index is 12.5. The maximum Gasteiger partial charge on any atom is 0.422 e. The molecule has 0 bridgehead atoms. The van der Waals surface area contributed by atoms with Gasteiger partial charge in [0.05, 0.1) is 23.6 Å². The summed E-state index contributed by atoms with van der Waals surface area (Å²) in [6.45, 7) is 6.07. The minimum Gasteiger partial charge on any atom is -0.488 e. The molecule has 42 heavy (non-hydrogen) atoms. The second kappa shape index (κ2) is 15.5. The molecule has 11 heteroatoms. The molecule has 230 valence electrons. The monoisotopic (exact) mass is 591 g/mol. The quantitative estimate of drug-likeness (QED) is 0.155. The van der Waals surface area contributed by atoms with E-state index in [0.717, 1.165) is 29.3 Å². The number of halogens is 3. The van der Waals surface area contributed by atoms with Crippen molar-refractivity contribution in [3.05, 3.63) is 59.8 Å². The molecule has 3 rings (SSSR count). The van der Waals surface area contributed by atoms with Gasteiger partial charge in [0, 0.05) is 30.7 Å². The number of nitrogens with zero attached hydrogens (tertiary/aromatic N) is 1. The molecule has 1 aromatic heterocycles.